The highest BCUT2D eigenvalue weighted by Crippen LogP contribution is 2.38. The highest BCUT2D eigenvalue weighted by atomic mass is 15.2. The summed E-state index contributed by atoms with van der Waals surface area (Å²) in [5, 5.41) is 3.54. The zero-order chi connectivity index (χ0) is 25.4. The minimum absolute atomic E-state index is 0.285. The SMILES string of the molecule is CC/C=C(\C=C/N(C)/C(=C(\N)C1(C)C=CC(C)=CC1)c1ccnc(NC2CCCC2)n1)CN(C)C. The molecule has 1 aromatic rings. The Balaban J connectivity index is 2.00. The number of likely N-dealkylation sites (N-methyl/N-ethyl adjacent to an activating group) is 1. The van der Waals surface area contributed by atoms with Crippen molar-refractivity contribution < 1.29 is 0 Å². The Labute approximate surface area is 212 Å². The maximum Gasteiger partial charge on any atom is 0.223 e. The number of nitrogens with two attached hydrogens (primary N) is 1. The predicted molar refractivity (Wildman–Crippen MR) is 148 cm³/mol. The van der Waals surface area contributed by atoms with Crippen LogP contribution in [0.15, 0.2) is 65.7 Å². The number of anilines is 1. The largest absolute Gasteiger partial charge is 0.400 e. The first-order valence-electron chi connectivity index (χ1n) is 12.9. The Hall–Kier alpha value is -2.86. The van der Waals surface area contributed by atoms with Gasteiger partial charge in [0.2, 0.25) is 5.95 Å². The first-order valence-corrected chi connectivity index (χ1v) is 12.9. The van der Waals surface area contributed by atoms with E-state index in [2.05, 4.69) is 98.6 Å². The van der Waals surface area contributed by atoms with Crippen molar-refractivity contribution in [1.82, 2.24) is 19.8 Å². The van der Waals surface area contributed by atoms with Crippen LogP contribution in [-0.2, 0) is 0 Å². The third kappa shape index (κ3) is 7.31. The molecule has 190 valence electrons. The number of nitrogens with one attached hydrogen (secondary N) is 1. The molecule has 1 fully saturated rings. The van der Waals surface area contributed by atoms with Gasteiger partial charge in [-0.25, -0.2) is 9.97 Å². The van der Waals surface area contributed by atoms with E-state index in [1.807, 2.05) is 12.3 Å². The fourth-order valence-electron chi connectivity index (χ4n) is 4.71. The molecule has 1 unspecified atom stereocenters. The quantitative estimate of drug-likeness (QED) is 0.421. The van der Waals surface area contributed by atoms with Gasteiger partial charge in [-0.3, -0.25) is 0 Å². The van der Waals surface area contributed by atoms with Gasteiger partial charge in [0.1, 0.15) is 0 Å². The van der Waals surface area contributed by atoms with E-state index >= 15 is 0 Å². The van der Waals surface area contributed by atoms with Gasteiger partial charge in [-0.1, -0.05) is 56.6 Å². The molecule has 2 aliphatic rings. The van der Waals surface area contributed by atoms with Crippen molar-refractivity contribution in [3.63, 3.8) is 0 Å². The lowest BCUT2D eigenvalue weighted by Gasteiger charge is -2.32. The summed E-state index contributed by atoms with van der Waals surface area (Å²) in [7, 11) is 6.24. The zero-order valence-electron chi connectivity index (χ0n) is 22.5. The Morgan fingerprint density at radius 1 is 1.26 bits per heavy atom. The minimum atomic E-state index is -0.285. The summed E-state index contributed by atoms with van der Waals surface area (Å²) in [5.74, 6) is 0.677. The average molecular weight is 477 g/mol. The van der Waals surface area contributed by atoms with E-state index in [9.17, 15) is 0 Å². The molecule has 2 aliphatic carbocycles. The average Bonchev–Trinajstić information content (AvgIpc) is 3.33. The van der Waals surface area contributed by atoms with Crippen molar-refractivity contribution in [3.8, 4) is 0 Å². The van der Waals surface area contributed by atoms with Gasteiger partial charge >= 0.3 is 0 Å². The molecule has 0 aromatic carbocycles. The molecule has 0 spiro atoms. The standard InChI is InChI=1S/C29H44N6/c1-7-10-23(21-34(4)5)16-20-35(6)26(27(30)29(3)17-13-22(2)14-18-29)25-15-19-31-28(33-25)32-24-11-8-9-12-24/h10,13-17,19-20,24H,7-9,11-12,18,21,30H2,1-6H3,(H,31,32,33)/b20-16-,23-10+,27-26-. The molecule has 35 heavy (non-hydrogen) atoms. The first-order chi connectivity index (χ1) is 16.7. The number of hydrogen-bond acceptors (Lipinski definition) is 6. The van der Waals surface area contributed by atoms with Gasteiger partial charge in [0.15, 0.2) is 0 Å². The van der Waals surface area contributed by atoms with Crippen LogP contribution in [0.1, 0.15) is 65.0 Å². The summed E-state index contributed by atoms with van der Waals surface area (Å²) in [4.78, 5) is 13.7. The second kappa shape index (κ2) is 12.2. The van der Waals surface area contributed by atoms with Crippen molar-refractivity contribution >= 4 is 11.6 Å². The molecule has 0 aliphatic heterocycles. The molecule has 6 heteroatoms. The maximum absolute atomic E-state index is 6.98. The van der Waals surface area contributed by atoms with Crippen LogP contribution in [-0.4, -0.2) is 53.5 Å². The first kappa shape index (κ1) is 26.7. The molecule has 0 amide bonds. The van der Waals surface area contributed by atoms with Crippen molar-refractivity contribution in [2.24, 2.45) is 11.1 Å². The summed E-state index contributed by atoms with van der Waals surface area (Å²) in [6.07, 6.45) is 21.8. The fraction of sp³-hybridized carbons (Fsp3) is 0.517. The van der Waals surface area contributed by atoms with Crippen LogP contribution in [0.2, 0.25) is 0 Å². The lowest BCUT2D eigenvalue weighted by molar-refractivity contribution is 0.448. The highest BCUT2D eigenvalue weighted by molar-refractivity contribution is 5.67. The lowest BCUT2D eigenvalue weighted by Crippen LogP contribution is -2.29. The van der Waals surface area contributed by atoms with E-state index in [-0.39, 0.29) is 5.41 Å². The molecule has 1 aromatic heterocycles. The molecule has 6 nitrogen and oxygen atoms in total. The molecule has 1 saturated carbocycles. The minimum Gasteiger partial charge on any atom is -0.400 e. The lowest BCUT2D eigenvalue weighted by atomic mass is 9.78. The molecular formula is C29H44N6. The number of allylic oxidation sites excluding steroid dienone is 5. The summed E-state index contributed by atoms with van der Waals surface area (Å²) >= 11 is 0. The van der Waals surface area contributed by atoms with Crippen LogP contribution in [0.3, 0.4) is 0 Å². The molecule has 1 heterocycles. The highest BCUT2D eigenvalue weighted by Gasteiger charge is 2.30. The van der Waals surface area contributed by atoms with Gasteiger partial charge in [0.25, 0.3) is 0 Å². The Kier molecular flexibility index (Phi) is 9.33. The number of aromatic nitrogens is 2. The summed E-state index contributed by atoms with van der Waals surface area (Å²) in [6, 6.07) is 2.42. The van der Waals surface area contributed by atoms with E-state index in [0.717, 1.165) is 36.5 Å². The number of rotatable bonds is 10. The molecule has 3 N–H and O–H groups in total. The van der Waals surface area contributed by atoms with Gasteiger partial charge in [0.05, 0.1) is 11.4 Å². The maximum atomic E-state index is 6.98. The van der Waals surface area contributed by atoms with E-state index in [1.54, 1.807) is 0 Å². The molecule has 0 saturated heterocycles. The molecular weight excluding hydrogens is 432 g/mol. The van der Waals surface area contributed by atoms with Crippen molar-refractivity contribution in [2.45, 2.75) is 65.3 Å². The zero-order valence-corrected chi connectivity index (χ0v) is 22.5. The molecule has 0 radical (unpaired) electrons. The van der Waals surface area contributed by atoms with E-state index < -0.39 is 0 Å². The summed E-state index contributed by atoms with van der Waals surface area (Å²) < 4.78 is 0. The molecule has 0 bridgehead atoms. The van der Waals surface area contributed by atoms with Gasteiger partial charge in [0, 0.05) is 43.1 Å². The second-order valence-electron chi connectivity index (χ2n) is 10.4. The molecule has 3 rings (SSSR count). The normalized spacial score (nSPS) is 22.0. The Bertz CT molecular complexity index is 1010. The van der Waals surface area contributed by atoms with Gasteiger partial charge in [-0.2, -0.15) is 0 Å². The smallest absolute Gasteiger partial charge is 0.223 e. The Morgan fingerprint density at radius 2 is 2.00 bits per heavy atom. The third-order valence-electron chi connectivity index (χ3n) is 6.85. The summed E-state index contributed by atoms with van der Waals surface area (Å²) in [5.41, 5.74) is 11.8. The van der Waals surface area contributed by atoms with Gasteiger partial charge < -0.3 is 20.9 Å². The van der Waals surface area contributed by atoms with Crippen molar-refractivity contribution in [1.29, 1.82) is 0 Å². The predicted octanol–water partition coefficient (Wildman–Crippen LogP) is 5.71. The topological polar surface area (TPSA) is 70.3 Å². The van der Waals surface area contributed by atoms with Crippen LogP contribution in [0, 0.1) is 5.41 Å². The van der Waals surface area contributed by atoms with Crippen molar-refractivity contribution in [3.05, 3.63) is 71.4 Å². The Morgan fingerprint density at radius 3 is 2.63 bits per heavy atom. The summed E-state index contributed by atoms with van der Waals surface area (Å²) in [6.45, 7) is 7.39. The van der Waals surface area contributed by atoms with Crippen LogP contribution < -0.4 is 11.1 Å². The van der Waals surface area contributed by atoms with Crippen LogP contribution in [0.5, 0.6) is 0 Å². The van der Waals surface area contributed by atoms with E-state index in [0.29, 0.717) is 12.0 Å². The second-order valence-corrected chi connectivity index (χ2v) is 10.4. The van der Waals surface area contributed by atoms with Crippen LogP contribution in [0.25, 0.3) is 5.70 Å². The van der Waals surface area contributed by atoms with Gasteiger partial charge in [-0.05, 0) is 64.4 Å². The fourth-order valence-corrected chi connectivity index (χ4v) is 4.71. The van der Waals surface area contributed by atoms with Crippen molar-refractivity contribution in [2.75, 3.05) is 33.0 Å². The van der Waals surface area contributed by atoms with Crippen LogP contribution in [0.4, 0.5) is 5.95 Å². The third-order valence-corrected chi connectivity index (χ3v) is 6.85. The van der Waals surface area contributed by atoms with Crippen LogP contribution >= 0.6 is 0 Å². The number of hydrogen-bond donors (Lipinski definition) is 2. The number of nitrogens with zero attached hydrogens (tertiary/aromatic N) is 4. The monoisotopic (exact) mass is 476 g/mol. The molecule has 1 atom stereocenters. The van der Waals surface area contributed by atoms with Gasteiger partial charge in [-0.15, -0.1) is 0 Å². The van der Waals surface area contributed by atoms with E-state index in [1.165, 1.54) is 36.8 Å². The van der Waals surface area contributed by atoms with E-state index in [4.69, 9.17) is 10.7 Å².